The van der Waals surface area contributed by atoms with E-state index < -0.39 is 0 Å². The minimum absolute atomic E-state index is 0.125. The van der Waals surface area contributed by atoms with Gasteiger partial charge in [0, 0.05) is 54.5 Å². The first-order chi connectivity index (χ1) is 30.8. The minimum atomic E-state index is -0.126. The zero-order valence-electron chi connectivity index (χ0n) is 37.9. The highest BCUT2D eigenvalue weighted by Crippen LogP contribution is 2.54. The third-order valence-electron chi connectivity index (χ3n) is 13.0. The van der Waals surface area contributed by atoms with E-state index in [-0.39, 0.29) is 10.8 Å². The van der Waals surface area contributed by atoms with Gasteiger partial charge in [0.25, 0.3) is 0 Å². The molecule has 0 radical (unpaired) electrons. The predicted octanol–water partition coefficient (Wildman–Crippen LogP) is 17.9. The molecule has 0 atom stereocenters. The van der Waals surface area contributed by atoms with Crippen LogP contribution in [0.1, 0.15) is 63.8 Å². The minimum Gasteiger partial charge on any atom is -0.454 e. The molecule has 0 saturated heterocycles. The first-order valence-corrected chi connectivity index (χ1v) is 22.4. The molecule has 0 N–H and O–H groups in total. The summed E-state index contributed by atoms with van der Waals surface area (Å²) in [4.78, 5) is 4.93. The molecule has 4 nitrogen and oxygen atoms in total. The highest BCUT2D eigenvalue weighted by atomic mass is 16.3. The second-order valence-corrected chi connectivity index (χ2v) is 19.6. The highest BCUT2D eigenvalue weighted by molar-refractivity contribution is 6.25. The van der Waals surface area contributed by atoms with Gasteiger partial charge >= 0.3 is 0 Å². The van der Waals surface area contributed by atoms with Gasteiger partial charge in [-0.3, -0.25) is 0 Å². The number of hydrogen-bond acceptors (Lipinski definition) is 4. The van der Waals surface area contributed by atoms with Gasteiger partial charge in [0.15, 0.2) is 11.2 Å². The second kappa shape index (κ2) is 14.6. The average Bonchev–Trinajstić information content (AvgIpc) is 3.86. The molecule has 0 amide bonds. The Kier molecular flexibility index (Phi) is 9.04. The van der Waals surface area contributed by atoms with E-state index in [4.69, 9.17) is 8.83 Å². The Bertz CT molecular complexity index is 3590. The smallest absolute Gasteiger partial charge is 0.159 e. The molecule has 0 aliphatic rings. The lowest BCUT2D eigenvalue weighted by Gasteiger charge is -2.34. The van der Waals surface area contributed by atoms with Crippen molar-refractivity contribution in [1.82, 2.24) is 0 Å². The molecule has 0 saturated carbocycles. The fourth-order valence-electron chi connectivity index (χ4n) is 9.85. The molecule has 0 bridgehead atoms. The molecule has 0 spiro atoms. The lowest BCUT2D eigenvalue weighted by atomic mass is 9.82. The fourth-order valence-corrected chi connectivity index (χ4v) is 9.85. The van der Waals surface area contributed by atoms with E-state index in [1.165, 1.54) is 22.3 Å². The van der Waals surface area contributed by atoms with Crippen LogP contribution in [0.3, 0.4) is 0 Å². The molecule has 0 fully saturated rings. The molecular formula is C60H52N2O2. The van der Waals surface area contributed by atoms with Gasteiger partial charge in [-0.1, -0.05) is 151 Å². The van der Waals surface area contributed by atoms with Crippen molar-refractivity contribution >= 4 is 99.5 Å². The van der Waals surface area contributed by atoms with Gasteiger partial charge < -0.3 is 18.6 Å². The molecule has 9 aromatic carbocycles. The summed E-state index contributed by atoms with van der Waals surface area (Å²) in [6, 6.07) is 61.9. The number of furan rings is 2. The Morgan fingerprint density at radius 3 is 1.23 bits per heavy atom. The van der Waals surface area contributed by atoms with Crippen LogP contribution in [-0.2, 0) is 10.8 Å². The van der Waals surface area contributed by atoms with Gasteiger partial charge in [-0.15, -0.1) is 0 Å². The molecule has 0 unspecified atom stereocenters. The highest BCUT2D eigenvalue weighted by Gasteiger charge is 2.31. The Labute approximate surface area is 375 Å². The summed E-state index contributed by atoms with van der Waals surface area (Å²) in [6.45, 7) is 18.2. The lowest BCUT2D eigenvalue weighted by Crippen LogP contribution is -2.17. The van der Waals surface area contributed by atoms with Crippen LogP contribution >= 0.6 is 0 Å². The number of fused-ring (bicyclic) bond motifs is 8. The third kappa shape index (κ3) is 6.42. The molecule has 2 heterocycles. The van der Waals surface area contributed by atoms with Crippen molar-refractivity contribution in [3.63, 3.8) is 0 Å². The molecule has 64 heavy (non-hydrogen) atoms. The van der Waals surface area contributed by atoms with Gasteiger partial charge in [0.05, 0.1) is 22.7 Å². The van der Waals surface area contributed by atoms with Crippen molar-refractivity contribution in [2.45, 2.75) is 66.2 Å². The number of aryl methyl sites for hydroxylation is 2. The number of hydrogen-bond donors (Lipinski definition) is 0. The number of para-hydroxylation sites is 5. The van der Waals surface area contributed by atoms with E-state index in [1.807, 2.05) is 6.07 Å². The van der Waals surface area contributed by atoms with Crippen LogP contribution in [0.15, 0.2) is 179 Å². The largest absolute Gasteiger partial charge is 0.454 e. The van der Waals surface area contributed by atoms with E-state index in [0.29, 0.717) is 0 Å². The van der Waals surface area contributed by atoms with Gasteiger partial charge in [0.1, 0.15) is 11.2 Å². The van der Waals surface area contributed by atoms with Gasteiger partial charge in [-0.05, 0) is 108 Å². The summed E-state index contributed by atoms with van der Waals surface area (Å²) in [5.41, 5.74) is 14.4. The SMILES string of the molecule is Cc1cc(C)cc(N(c2c3ccc(C(C)(C)C)cc3c(N(c3ccccc3)c3cccc4c3oc3ccccc34)c3ccc(C(C)(C)C)cc23)c2cccc3c2oc2ccccc23)c1. The van der Waals surface area contributed by atoms with E-state index in [9.17, 15) is 0 Å². The Morgan fingerprint density at radius 1 is 0.344 bits per heavy atom. The molecule has 2 aromatic heterocycles. The lowest BCUT2D eigenvalue weighted by molar-refractivity contribution is 0.590. The van der Waals surface area contributed by atoms with Crippen LogP contribution in [0.5, 0.6) is 0 Å². The Hall–Kier alpha value is -7.30. The van der Waals surface area contributed by atoms with Crippen molar-refractivity contribution in [2.24, 2.45) is 0 Å². The molecule has 4 heteroatoms. The van der Waals surface area contributed by atoms with Crippen molar-refractivity contribution < 1.29 is 8.83 Å². The number of benzene rings is 9. The van der Waals surface area contributed by atoms with Gasteiger partial charge in [-0.2, -0.15) is 0 Å². The summed E-state index contributed by atoms with van der Waals surface area (Å²) < 4.78 is 13.8. The van der Waals surface area contributed by atoms with E-state index in [1.54, 1.807) is 0 Å². The van der Waals surface area contributed by atoms with E-state index in [2.05, 4.69) is 229 Å². The molecular weight excluding hydrogens is 781 g/mol. The maximum Gasteiger partial charge on any atom is 0.159 e. The summed E-state index contributed by atoms with van der Waals surface area (Å²) in [5, 5.41) is 8.93. The predicted molar refractivity (Wildman–Crippen MR) is 272 cm³/mol. The molecule has 11 rings (SSSR count). The molecule has 11 aromatic rings. The Morgan fingerprint density at radius 2 is 0.766 bits per heavy atom. The van der Waals surface area contributed by atoms with Crippen molar-refractivity contribution in [2.75, 3.05) is 9.80 Å². The first-order valence-electron chi connectivity index (χ1n) is 22.4. The zero-order chi connectivity index (χ0) is 44.1. The van der Waals surface area contributed by atoms with Crippen LogP contribution in [-0.4, -0.2) is 0 Å². The fraction of sp³-hybridized carbons (Fsp3) is 0.167. The maximum atomic E-state index is 6.92. The van der Waals surface area contributed by atoms with Crippen molar-refractivity contribution in [3.8, 4) is 0 Å². The summed E-state index contributed by atoms with van der Waals surface area (Å²) in [7, 11) is 0. The van der Waals surface area contributed by atoms with Crippen LogP contribution in [0, 0.1) is 13.8 Å². The van der Waals surface area contributed by atoms with Crippen LogP contribution in [0.2, 0.25) is 0 Å². The maximum absolute atomic E-state index is 6.92. The monoisotopic (exact) mass is 832 g/mol. The molecule has 314 valence electrons. The number of rotatable bonds is 6. The number of anilines is 6. The number of nitrogens with zero attached hydrogens (tertiary/aromatic N) is 2. The zero-order valence-corrected chi connectivity index (χ0v) is 37.9. The van der Waals surface area contributed by atoms with Crippen LogP contribution < -0.4 is 9.80 Å². The molecule has 0 aliphatic heterocycles. The van der Waals surface area contributed by atoms with Crippen LogP contribution in [0.4, 0.5) is 34.1 Å². The van der Waals surface area contributed by atoms with Gasteiger partial charge in [0.2, 0.25) is 0 Å². The van der Waals surface area contributed by atoms with Crippen molar-refractivity contribution in [1.29, 1.82) is 0 Å². The summed E-state index contributed by atoms with van der Waals surface area (Å²) in [6.07, 6.45) is 0. The van der Waals surface area contributed by atoms with Crippen LogP contribution in [0.25, 0.3) is 65.4 Å². The van der Waals surface area contributed by atoms with E-state index in [0.717, 1.165) is 99.5 Å². The summed E-state index contributed by atoms with van der Waals surface area (Å²) in [5.74, 6) is 0. The van der Waals surface area contributed by atoms with Gasteiger partial charge in [-0.25, -0.2) is 0 Å². The Balaban J connectivity index is 1.35. The topological polar surface area (TPSA) is 32.8 Å². The van der Waals surface area contributed by atoms with E-state index >= 15 is 0 Å². The average molecular weight is 833 g/mol. The second-order valence-electron chi connectivity index (χ2n) is 19.6. The van der Waals surface area contributed by atoms with Crippen molar-refractivity contribution in [3.05, 3.63) is 192 Å². The quantitative estimate of drug-likeness (QED) is 0.123. The molecule has 0 aliphatic carbocycles. The normalized spacial score (nSPS) is 12.4. The third-order valence-corrected chi connectivity index (χ3v) is 13.0. The standard InChI is InChI=1S/C60H52N2O2/c1-37-32-38(2)34-42(33-37)62(52-25-17-23-48-44-21-13-15-27-54(44)64-58(48)52)56-46-31-29-39(59(3,4)5)35-49(46)55(45-30-28-40(36-50(45)56)60(6,7)8)61(41-18-10-9-11-19-41)51-24-16-22-47-43-20-12-14-26-53(43)63-57(47)51/h9-36H,1-8H3. The first kappa shape index (κ1) is 39.5. The summed E-state index contributed by atoms with van der Waals surface area (Å²) >= 11 is 0.